The summed E-state index contributed by atoms with van der Waals surface area (Å²) in [7, 11) is 3.77. The molecule has 6 nitrogen and oxygen atoms in total. The maximum Gasteiger partial charge on any atom is 0.269 e. The zero-order valence-electron chi connectivity index (χ0n) is 12.4. The fourth-order valence-electron chi connectivity index (χ4n) is 1.70. The van der Waals surface area contributed by atoms with Gasteiger partial charge in [-0.05, 0) is 36.4 Å². The highest BCUT2D eigenvalue weighted by atomic mass is 16.3. The second-order valence-corrected chi connectivity index (χ2v) is 4.74. The molecule has 2 rings (SSSR count). The molecule has 0 aliphatic carbocycles. The van der Waals surface area contributed by atoms with E-state index in [0.29, 0.717) is 11.3 Å². The Morgan fingerprint density at radius 3 is 2.64 bits per heavy atom. The minimum absolute atomic E-state index is 0.386. The minimum atomic E-state index is -0.450. The summed E-state index contributed by atoms with van der Waals surface area (Å²) >= 11 is 0. The first kappa shape index (κ1) is 15.4. The third kappa shape index (κ3) is 4.24. The predicted octanol–water partition coefficient (Wildman–Crippen LogP) is 1.82. The van der Waals surface area contributed by atoms with Crippen LogP contribution in [0.1, 0.15) is 16.1 Å². The first-order valence-electron chi connectivity index (χ1n) is 6.65. The van der Waals surface area contributed by atoms with Crippen molar-refractivity contribution >= 4 is 23.6 Å². The molecule has 0 bridgehead atoms. The van der Waals surface area contributed by atoms with Gasteiger partial charge in [-0.25, -0.2) is 0 Å². The second kappa shape index (κ2) is 7.12. The van der Waals surface area contributed by atoms with Gasteiger partial charge in [0.25, 0.3) is 11.8 Å². The van der Waals surface area contributed by atoms with Crippen LogP contribution in [0.25, 0.3) is 6.08 Å². The number of rotatable bonds is 4. The quantitative estimate of drug-likeness (QED) is 0.667. The number of hydrogen-bond donors (Lipinski definition) is 2. The van der Waals surface area contributed by atoms with Crippen LogP contribution in [0.15, 0.2) is 53.2 Å². The van der Waals surface area contributed by atoms with Crippen molar-refractivity contribution < 1.29 is 14.0 Å². The summed E-state index contributed by atoms with van der Waals surface area (Å²) < 4.78 is 5.06. The molecule has 0 radical (unpaired) electrons. The van der Waals surface area contributed by atoms with Crippen LogP contribution in [0.2, 0.25) is 0 Å². The Morgan fingerprint density at radius 1 is 1.14 bits per heavy atom. The maximum atomic E-state index is 12.0. The third-order valence-electron chi connectivity index (χ3n) is 2.87. The average Bonchev–Trinajstić information content (AvgIpc) is 3.04. The van der Waals surface area contributed by atoms with Gasteiger partial charge in [0.2, 0.25) is 0 Å². The van der Waals surface area contributed by atoms with Crippen molar-refractivity contribution in [3.63, 3.8) is 0 Å². The number of carbonyl (C=O) groups is 2. The van der Waals surface area contributed by atoms with Crippen molar-refractivity contribution in [2.24, 2.45) is 0 Å². The number of amides is 2. The summed E-state index contributed by atoms with van der Waals surface area (Å²) in [5, 5.41) is 0. The molecule has 2 amide bonds. The number of furan rings is 1. The van der Waals surface area contributed by atoms with Gasteiger partial charge in [0.1, 0.15) is 5.76 Å². The Morgan fingerprint density at radius 2 is 1.95 bits per heavy atom. The summed E-state index contributed by atoms with van der Waals surface area (Å²) in [5.41, 5.74) is 6.03. The molecule has 1 heterocycles. The number of nitrogens with zero attached hydrogens (tertiary/aromatic N) is 1. The summed E-state index contributed by atoms with van der Waals surface area (Å²) in [5.74, 6) is -0.280. The van der Waals surface area contributed by atoms with Crippen LogP contribution >= 0.6 is 0 Å². The Bertz CT molecular complexity index is 676. The molecule has 0 spiro atoms. The van der Waals surface area contributed by atoms with E-state index in [1.54, 1.807) is 30.3 Å². The molecule has 0 atom stereocenters. The topological polar surface area (TPSA) is 74.6 Å². The van der Waals surface area contributed by atoms with Gasteiger partial charge in [-0.1, -0.05) is 6.07 Å². The highest BCUT2D eigenvalue weighted by molar-refractivity contribution is 5.98. The Hall–Kier alpha value is -3.02. The average molecular weight is 299 g/mol. The zero-order chi connectivity index (χ0) is 15.9. The van der Waals surface area contributed by atoms with Crippen molar-refractivity contribution in [1.82, 2.24) is 10.9 Å². The molecule has 1 aromatic heterocycles. The number of carbonyl (C=O) groups excluding carboxylic acids is 2. The zero-order valence-corrected chi connectivity index (χ0v) is 12.4. The summed E-state index contributed by atoms with van der Waals surface area (Å²) in [6.07, 6.45) is 4.29. The molecule has 22 heavy (non-hydrogen) atoms. The van der Waals surface area contributed by atoms with Gasteiger partial charge in [-0.15, -0.1) is 0 Å². The third-order valence-corrected chi connectivity index (χ3v) is 2.87. The fraction of sp³-hybridized carbons (Fsp3) is 0.125. The molecule has 6 heteroatoms. The molecule has 0 saturated heterocycles. The molecular formula is C16H17N3O3. The molecule has 0 unspecified atom stereocenters. The lowest BCUT2D eigenvalue weighted by Crippen LogP contribution is -2.40. The van der Waals surface area contributed by atoms with E-state index in [1.807, 2.05) is 25.1 Å². The monoisotopic (exact) mass is 299 g/mol. The summed E-state index contributed by atoms with van der Waals surface area (Å²) in [4.78, 5) is 25.4. The number of benzene rings is 1. The first-order valence-corrected chi connectivity index (χ1v) is 6.65. The van der Waals surface area contributed by atoms with Crippen LogP contribution in [-0.2, 0) is 4.79 Å². The molecule has 114 valence electrons. The normalized spacial score (nSPS) is 10.5. The van der Waals surface area contributed by atoms with Crippen LogP contribution in [0.4, 0.5) is 5.69 Å². The molecule has 0 aliphatic rings. The largest absolute Gasteiger partial charge is 0.465 e. The molecule has 0 saturated carbocycles. The maximum absolute atomic E-state index is 12.0. The van der Waals surface area contributed by atoms with Crippen LogP contribution in [0, 0.1) is 0 Å². The molecule has 2 N–H and O–H groups in total. The molecule has 0 fully saturated rings. The smallest absolute Gasteiger partial charge is 0.269 e. The summed E-state index contributed by atoms with van der Waals surface area (Å²) in [6, 6.07) is 10.5. The van der Waals surface area contributed by atoms with Crippen molar-refractivity contribution in [1.29, 1.82) is 0 Å². The van der Waals surface area contributed by atoms with E-state index < -0.39 is 5.91 Å². The van der Waals surface area contributed by atoms with Gasteiger partial charge in [-0.2, -0.15) is 0 Å². The molecule has 2 aromatic rings. The Balaban J connectivity index is 1.89. The number of hydrazine groups is 1. The Labute approximate surface area is 128 Å². The molecular weight excluding hydrogens is 282 g/mol. The predicted molar refractivity (Wildman–Crippen MR) is 84.1 cm³/mol. The highest BCUT2D eigenvalue weighted by Crippen LogP contribution is 2.12. The van der Waals surface area contributed by atoms with E-state index in [-0.39, 0.29) is 5.91 Å². The van der Waals surface area contributed by atoms with Gasteiger partial charge < -0.3 is 9.32 Å². The van der Waals surface area contributed by atoms with Crippen LogP contribution in [0.3, 0.4) is 0 Å². The number of hydrogen-bond acceptors (Lipinski definition) is 4. The lowest BCUT2D eigenvalue weighted by atomic mass is 10.2. The molecule has 0 aliphatic heterocycles. The summed E-state index contributed by atoms with van der Waals surface area (Å²) in [6.45, 7) is 0. The van der Waals surface area contributed by atoms with Crippen molar-refractivity contribution in [2.45, 2.75) is 0 Å². The van der Waals surface area contributed by atoms with E-state index in [2.05, 4.69) is 10.9 Å². The van der Waals surface area contributed by atoms with Crippen molar-refractivity contribution in [3.05, 3.63) is 60.1 Å². The number of anilines is 1. The highest BCUT2D eigenvalue weighted by Gasteiger charge is 2.07. The van der Waals surface area contributed by atoms with Gasteiger partial charge in [0.05, 0.1) is 6.26 Å². The van der Waals surface area contributed by atoms with E-state index in [1.165, 1.54) is 18.4 Å². The molecule has 1 aromatic carbocycles. The lowest BCUT2D eigenvalue weighted by Gasteiger charge is -2.13. The van der Waals surface area contributed by atoms with Gasteiger partial charge in [0.15, 0.2) is 0 Å². The number of nitrogens with one attached hydrogen (secondary N) is 2. The first-order chi connectivity index (χ1) is 10.6. The lowest BCUT2D eigenvalue weighted by molar-refractivity contribution is -0.117. The fourth-order valence-corrected chi connectivity index (χ4v) is 1.70. The van der Waals surface area contributed by atoms with E-state index in [9.17, 15) is 9.59 Å². The Kier molecular flexibility index (Phi) is 4.98. The van der Waals surface area contributed by atoms with Gasteiger partial charge in [0, 0.05) is 31.4 Å². The van der Waals surface area contributed by atoms with E-state index >= 15 is 0 Å². The second-order valence-electron chi connectivity index (χ2n) is 4.74. The van der Waals surface area contributed by atoms with Crippen molar-refractivity contribution in [2.75, 3.05) is 19.0 Å². The van der Waals surface area contributed by atoms with Crippen molar-refractivity contribution in [3.8, 4) is 0 Å². The minimum Gasteiger partial charge on any atom is -0.465 e. The SMILES string of the molecule is CN(C)c1cccc(C(=O)NNC(=O)/C=C/c2ccco2)c1. The van der Waals surface area contributed by atoms with E-state index in [0.717, 1.165) is 5.69 Å². The van der Waals surface area contributed by atoms with Gasteiger partial charge >= 0.3 is 0 Å². The standard InChI is InChI=1S/C16H17N3O3/c1-19(2)13-6-3-5-12(11-13)16(21)18-17-15(20)9-8-14-7-4-10-22-14/h3-11H,1-2H3,(H,17,20)(H,18,21)/b9-8+. The van der Waals surface area contributed by atoms with Crippen LogP contribution in [-0.4, -0.2) is 25.9 Å². The van der Waals surface area contributed by atoms with E-state index in [4.69, 9.17) is 4.42 Å². The van der Waals surface area contributed by atoms with Crippen LogP contribution < -0.4 is 15.8 Å². The van der Waals surface area contributed by atoms with Crippen LogP contribution in [0.5, 0.6) is 0 Å². The van der Waals surface area contributed by atoms with Gasteiger partial charge in [-0.3, -0.25) is 20.4 Å².